The molecular weight excluding hydrogens is 274 g/mol. The second kappa shape index (κ2) is 4.88. The molecule has 1 amide bonds. The number of hydrogen-bond acceptors (Lipinski definition) is 2. The van der Waals surface area contributed by atoms with Crippen LogP contribution >= 0.6 is 0 Å². The summed E-state index contributed by atoms with van der Waals surface area (Å²) in [6.45, 7) is 0. The molecule has 1 unspecified atom stereocenters. The topological polar surface area (TPSA) is 49.3 Å². The third-order valence-corrected chi connectivity index (χ3v) is 4.28. The van der Waals surface area contributed by atoms with Crippen LogP contribution in [0.25, 0.3) is 10.8 Å². The molecule has 0 saturated heterocycles. The van der Waals surface area contributed by atoms with Gasteiger partial charge >= 0.3 is 0 Å². The first-order valence-electron chi connectivity index (χ1n) is 7.33. The first kappa shape index (κ1) is 12.9. The standard InChI is InChI=1S/C19H15NO2/c21-14-8-5-13(6-9-14)16-11-18(22)20-17-10-7-12-3-1-2-4-15(12)19(16)17/h1-10,16,21H,11H2,(H,20,22). The zero-order chi connectivity index (χ0) is 15.1. The Morgan fingerprint density at radius 1 is 0.955 bits per heavy atom. The van der Waals surface area contributed by atoms with E-state index in [-0.39, 0.29) is 17.6 Å². The molecule has 4 rings (SSSR count). The van der Waals surface area contributed by atoms with Gasteiger partial charge in [0.05, 0.1) is 0 Å². The smallest absolute Gasteiger partial charge is 0.225 e. The van der Waals surface area contributed by atoms with Crippen molar-refractivity contribution >= 4 is 22.4 Å². The minimum atomic E-state index is 0.00968. The lowest BCUT2D eigenvalue weighted by Gasteiger charge is -2.27. The number of rotatable bonds is 1. The quantitative estimate of drug-likeness (QED) is 0.711. The lowest BCUT2D eigenvalue weighted by Crippen LogP contribution is -2.23. The molecule has 0 radical (unpaired) electrons. The van der Waals surface area contributed by atoms with E-state index in [4.69, 9.17) is 0 Å². The average molecular weight is 289 g/mol. The summed E-state index contributed by atoms with van der Waals surface area (Å²) in [5.74, 6) is 0.276. The molecule has 0 fully saturated rings. The van der Waals surface area contributed by atoms with E-state index < -0.39 is 0 Å². The molecule has 3 heteroatoms. The van der Waals surface area contributed by atoms with Crippen molar-refractivity contribution in [3.05, 3.63) is 71.8 Å². The van der Waals surface area contributed by atoms with Gasteiger partial charge in [0.2, 0.25) is 5.91 Å². The molecule has 1 aliphatic heterocycles. The van der Waals surface area contributed by atoms with Crippen molar-refractivity contribution in [2.24, 2.45) is 0 Å². The van der Waals surface area contributed by atoms with Crippen LogP contribution in [-0.4, -0.2) is 11.0 Å². The van der Waals surface area contributed by atoms with Gasteiger partial charge in [0.15, 0.2) is 0 Å². The highest BCUT2D eigenvalue weighted by Crippen LogP contribution is 2.41. The molecule has 3 aromatic rings. The Hall–Kier alpha value is -2.81. The molecule has 1 aliphatic rings. The molecule has 0 spiro atoms. The molecule has 0 bridgehead atoms. The summed E-state index contributed by atoms with van der Waals surface area (Å²) in [6, 6.07) is 19.4. The summed E-state index contributed by atoms with van der Waals surface area (Å²) < 4.78 is 0. The zero-order valence-corrected chi connectivity index (χ0v) is 11.9. The van der Waals surface area contributed by atoms with Crippen LogP contribution in [0.5, 0.6) is 5.75 Å². The maximum Gasteiger partial charge on any atom is 0.225 e. The summed E-state index contributed by atoms with van der Waals surface area (Å²) in [4.78, 5) is 12.1. The molecular formula is C19H15NO2. The van der Waals surface area contributed by atoms with Crippen LogP contribution in [0.4, 0.5) is 5.69 Å². The van der Waals surface area contributed by atoms with Crippen molar-refractivity contribution in [3.8, 4) is 5.75 Å². The minimum absolute atomic E-state index is 0.00968. The SMILES string of the molecule is O=C1CC(c2ccc(O)cc2)c2c(ccc3ccccc23)N1. The number of carbonyl (C=O) groups is 1. The summed E-state index contributed by atoms with van der Waals surface area (Å²) in [5.41, 5.74) is 3.08. The first-order chi connectivity index (χ1) is 10.7. The van der Waals surface area contributed by atoms with E-state index in [0.29, 0.717) is 6.42 Å². The van der Waals surface area contributed by atoms with Crippen LogP contribution in [0.3, 0.4) is 0 Å². The maximum absolute atomic E-state index is 12.1. The third kappa shape index (κ3) is 2.02. The van der Waals surface area contributed by atoms with Crippen molar-refractivity contribution in [1.29, 1.82) is 0 Å². The van der Waals surface area contributed by atoms with Gasteiger partial charge in [-0.1, -0.05) is 42.5 Å². The molecule has 1 atom stereocenters. The van der Waals surface area contributed by atoms with Gasteiger partial charge in [-0.2, -0.15) is 0 Å². The van der Waals surface area contributed by atoms with Gasteiger partial charge in [-0.05, 0) is 40.1 Å². The van der Waals surface area contributed by atoms with E-state index in [9.17, 15) is 9.90 Å². The number of benzene rings is 3. The molecule has 2 N–H and O–H groups in total. The average Bonchev–Trinajstić information content (AvgIpc) is 2.54. The molecule has 0 aromatic heterocycles. The predicted octanol–water partition coefficient (Wildman–Crippen LogP) is 4.02. The number of phenolic OH excluding ortho intramolecular Hbond substituents is 1. The lowest BCUT2D eigenvalue weighted by atomic mass is 9.82. The van der Waals surface area contributed by atoms with Gasteiger partial charge in [-0.3, -0.25) is 4.79 Å². The number of anilines is 1. The fourth-order valence-electron chi connectivity index (χ4n) is 3.26. The Balaban J connectivity index is 1.97. The number of amides is 1. The number of nitrogens with one attached hydrogen (secondary N) is 1. The monoisotopic (exact) mass is 289 g/mol. The van der Waals surface area contributed by atoms with Crippen molar-refractivity contribution < 1.29 is 9.90 Å². The van der Waals surface area contributed by atoms with E-state index in [0.717, 1.165) is 22.2 Å². The van der Waals surface area contributed by atoms with Crippen LogP contribution in [-0.2, 0) is 4.79 Å². The van der Waals surface area contributed by atoms with Crippen LogP contribution in [0, 0.1) is 0 Å². The number of phenols is 1. The van der Waals surface area contributed by atoms with Crippen LogP contribution in [0.2, 0.25) is 0 Å². The highest BCUT2D eigenvalue weighted by atomic mass is 16.3. The number of aromatic hydroxyl groups is 1. The van der Waals surface area contributed by atoms with Crippen molar-refractivity contribution in [2.45, 2.75) is 12.3 Å². The van der Waals surface area contributed by atoms with Gasteiger partial charge < -0.3 is 10.4 Å². The summed E-state index contributed by atoms with van der Waals surface area (Å²) in [5, 5.41) is 14.8. The van der Waals surface area contributed by atoms with Crippen molar-refractivity contribution in [2.75, 3.05) is 5.32 Å². The Labute approximate surface area is 128 Å². The minimum Gasteiger partial charge on any atom is -0.508 e. The highest BCUT2D eigenvalue weighted by molar-refractivity contribution is 6.01. The number of fused-ring (bicyclic) bond motifs is 3. The summed E-state index contributed by atoms with van der Waals surface area (Å²) in [6.07, 6.45) is 0.422. The lowest BCUT2D eigenvalue weighted by molar-refractivity contribution is -0.116. The van der Waals surface area contributed by atoms with E-state index in [1.165, 1.54) is 5.39 Å². The zero-order valence-electron chi connectivity index (χ0n) is 11.9. The van der Waals surface area contributed by atoms with E-state index in [2.05, 4.69) is 17.4 Å². The number of hydrogen-bond donors (Lipinski definition) is 2. The maximum atomic E-state index is 12.1. The first-order valence-corrected chi connectivity index (χ1v) is 7.33. The van der Waals surface area contributed by atoms with Gasteiger partial charge in [0, 0.05) is 18.0 Å². The van der Waals surface area contributed by atoms with Gasteiger partial charge in [0.25, 0.3) is 0 Å². The number of carbonyl (C=O) groups excluding carboxylic acids is 1. The molecule has 108 valence electrons. The van der Waals surface area contributed by atoms with E-state index in [1.807, 2.05) is 36.4 Å². The molecule has 0 aliphatic carbocycles. The van der Waals surface area contributed by atoms with E-state index >= 15 is 0 Å². The van der Waals surface area contributed by atoms with Crippen molar-refractivity contribution in [1.82, 2.24) is 0 Å². The second-order valence-electron chi connectivity index (χ2n) is 5.64. The Bertz CT molecular complexity index is 868. The third-order valence-electron chi connectivity index (χ3n) is 4.28. The van der Waals surface area contributed by atoms with Crippen LogP contribution in [0.15, 0.2) is 60.7 Å². The molecule has 3 aromatic carbocycles. The molecule has 0 saturated carbocycles. The predicted molar refractivity (Wildman–Crippen MR) is 87.1 cm³/mol. The van der Waals surface area contributed by atoms with Gasteiger partial charge in [0.1, 0.15) is 5.75 Å². The largest absolute Gasteiger partial charge is 0.508 e. The summed E-state index contributed by atoms with van der Waals surface area (Å²) >= 11 is 0. The van der Waals surface area contributed by atoms with Gasteiger partial charge in [-0.25, -0.2) is 0 Å². The molecule has 3 nitrogen and oxygen atoms in total. The molecule has 22 heavy (non-hydrogen) atoms. The van der Waals surface area contributed by atoms with Crippen LogP contribution < -0.4 is 5.32 Å². The fraction of sp³-hybridized carbons (Fsp3) is 0.105. The Morgan fingerprint density at radius 3 is 2.55 bits per heavy atom. The fourth-order valence-corrected chi connectivity index (χ4v) is 3.26. The molecule has 1 heterocycles. The van der Waals surface area contributed by atoms with Crippen molar-refractivity contribution in [3.63, 3.8) is 0 Å². The normalized spacial score (nSPS) is 17.1. The van der Waals surface area contributed by atoms with E-state index in [1.54, 1.807) is 12.1 Å². The van der Waals surface area contributed by atoms with Crippen LogP contribution in [0.1, 0.15) is 23.5 Å². The summed E-state index contributed by atoms with van der Waals surface area (Å²) in [7, 11) is 0. The highest BCUT2D eigenvalue weighted by Gasteiger charge is 2.28. The second-order valence-corrected chi connectivity index (χ2v) is 5.64. The van der Waals surface area contributed by atoms with Gasteiger partial charge in [-0.15, -0.1) is 0 Å². The Morgan fingerprint density at radius 2 is 1.73 bits per heavy atom. The Kier molecular flexibility index (Phi) is 2.86.